The summed E-state index contributed by atoms with van der Waals surface area (Å²) in [5.41, 5.74) is 1.51. The number of fused-ring (bicyclic) bond motifs is 1. The number of hydrogen-bond donors (Lipinski definition) is 0. The van der Waals surface area contributed by atoms with Crippen LogP contribution in [0.1, 0.15) is 6.92 Å². The summed E-state index contributed by atoms with van der Waals surface area (Å²) in [6.07, 6.45) is 0. The van der Waals surface area contributed by atoms with Crippen molar-refractivity contribution >= 4 is 23.4 Å². The molecule has 124 valence electrons. The van der Waals surface area contributed by atoms with Crippen LogP contribution in [-0.2, 0) is 9.53 Å². The second-order valence-electron chi connectivity index (χ2n) is 4.98. The molecule has 0 saturated heterocycles. The van der Waals surface area contributed by atoms with Crippen molar-refractivity contribution in [3.63, 3.8) is 0 Å². The molecule has 2 heterocycles. The SMILES string of the molecule is COC(=O)C(C)Sc1ccc2nnc(-c3ccc(OC)cc3)n2n1. The second kappa shape index (κ2) is 6.88. The van der Waals surface area contributed by atoms with Gasteiger partial charge in [-0.3, -0.25) is 4.79 Å². The van der Waals surface area contributed by atoms with Gasteiger partial charge in [-0.05, 0) is 43.3 Å². The van der Waals surface area contributed by atoms with Crippen LogP contribution in [0.3, 0.4) is 0 Å². The lowest BCUT2D eigenvalue weighted by Gasteiger charge is -2.08. The summed E-state index contributed by atoms with van der Waals surface area (Å²) in [5.74, 6) is 1.10. The van der Waals surface area contributed by atoms with Crippen molar-refractivity contribution in [1.82, 2.24) is 19.8 Å². The Morgan fingerprint density at radius 3 is 2.54 bits per heavy atom. The smallest absolute Gasteiger partial charge is 0.318 e. The fraction of sp³-hybridized carbons (Fsp3) is 0.250. The lowest BCUT2D eigenvalue weighted by atomic mass is 10.2. The Labute approximate surface area is 143 Å². The highest BCUT2D eigenvalue weighted by molar-refractivity contribution is 8.00. The molecule has 2 aromatic heterocycles. The molecule has 3 rings (SSSR count). The molecular formula is C16H16N4O3S. The third kappa shape index (κ3) is 3.18. The van der Waals surface area contributed by atoms with Gasteiger partial charge in [-0.15, -0.1) is 10.2 Å². The minimum atomic E-state index is -0.346. The third-order valence-electron chi connectivity index (χ3n) is 3.42. The molecule has 0 aliphatic heterocycles. The second-order valence-corrected chi connectivity index (χ2v) is 6.34. The first kappa shape index (κ1) is 16.3. The number of benzene rings is 1. The van der Waals surface area contributed by atoms with E-state index in [4.69, 9.17) is 9.47 Å². The molecule has 24 heavy (non-hydrogen) atoms. The Morgan fingerprint density at radius 2 is 1.88 bits per heavy atom. The van der Waals surface area contributed by atoms with Crippen molar-refractivity contribution in [2.75, 3.05) is 14.2 Å². The highest BCUT2D eigenvalue weighted by atomic mass is 32.2. The highest BCUT2D eigenvalue weighted by Gasteiger charge is 2.17. The number of esters is 1. The third-order valence-corrected chi connectivity index (χ3v) is 4.42. The molecule has 0 aliphatic carbocycles. The van der Waals surface area contributed by atoms with Crippen LogP contribution in [0.15, 0.2) is 41.4 Å². The first-order valence-corrected chi connectivity index (χ1v) is 8.11. The molecule has 0 aliphatic rings. The maximum absolute atomic E-state index is 11.6. The Balaban J connectivity index is 1.95. The first-order valence-electron chi connectivity index (χ1n) is 7.23. The van der Waals surface area contributed by atoms with Gasteiger partial charge >= 0.3 is 5.97 Å². The fourth-order valence-electron chi connectivity index (χ4n) is 2.15. The molecular weight excluding hydrogens is 328 g/mol. The molecule has 1 unspecified atom stereocenters. The maximum atomic E-state index is 11.6. The summed E-state index contributed by atoms with van der Waals surface area (Å²) in [7, 11) is 2.99. The van der Waals surface area contributed by atoms with E-state index in [0.29, 0.717) is 16.5 Å². The monoisotopic (exact) mass is 344 g/mol. The number of rotatable bonds is 5. The number of carbonyl (C=O) groups excluding carboxylic acids is 1. The van der Waals surface area contributed by atoms with Crippen LogP contribution < -0.4 is 4.74 Å². The number of ether oxygens (including phenoxy) is 2. The molecule has 8 heteroatoms. The van der Waals surface area contributed by atoms with E-state index in [0.717, 1.165) is 11.3 Å². The topological polar surface area (TPSA) is 78.6 Å². The number of carbonyl (C=O) groups is 1. The van der Waals surface area contributed by atoms with Gasteiger partial charge in [-0.25, -0.2) is 0 Å². The zero-order valence-corrected chi connectivity index (χ0v) is 14.3. The summed E-state index contributed by atoms with van der Waals surface area (Å²) in [4.78, 5) is 11.6. The van der Waals surface area contributed by atoms with E-state index in [1.807, 2.05) is 36.4 Å². The molecule has 3 aromatic rings. The molecule has 0 fully saturated rings. The van der Waals surface area contributed by atoms with Crippen molar-refractivity contribution in [1.29, 1.82) is 0 Å². The summed E-state index contributed by atoms with van der Waals surface area (Å²) in [5, 5.41) is 13.2. The molecule has 0 spiro atoms. The van der Waals surface area contributed by atoms with Crippen LogP contribution in [0.5, 0.6) is 5.75 Å². The van der Waals surface area contributed by atoms with Gasteiger partial charge in [0, 0.05) is 5.56 Å². The first-order chi connectivity index (χ1) is 11.6. The van der Waals surface area contributed by atoms with Crippen molar-refractivity contribution in [2.24, 2.45) is 0 Å². The van der Waals surface area contributed by atoms with Crippen LogP contribution in [0.2, 0.25) is 0 Å². The molecule has 1 atom stereocenters. The summed E-state index contributed by atoms with van der Waals surface area (Å²) >= 11 is 1.32. The van der Waals surface area contributed by atoms with Gasteiger partial charge in [0.15, 0.2) is 11.5 Å². The fourth-order valence-corrected chi connectivity index (χ4v) is 2.98. The average Bonchev–Trinajstić information content (AvgIpc) is 3.04. The van der Waals surface area contributed by atoms with E-state index in [9.17, 15) is 4.79 Å². The minimum absolute atomic E-state index is 0.291. The predicted molar refractivity (Wildman–Crippen MR) is 90.1 cm³/mol. The molecule has 7 nitrogen and oxygen atoms in total. The van der Waals surface area contributed by atoms with Crippen LogP contribution in [-0.4, -0.2) is 45.3 Å². The summed E-state index contributed by atoms with van der Waals surface area (Å²) in [6.45, 7) is 1.78. The van der Waals surface area contributed by atoms with E-state index < -0.39 is 0 Å². The zero-order valence-electron chi connectivity index (χ0n) is 13.5. The number of nitrogens with zero attached hydrogens (tertiary/aromatic N) is 4. The van der Waals surface area contributed by atoms with E-state index in [1.165, 1.54) is 18.9 Å². The van der Waals surface area contributed by atoms with E-state index >= 15 is 0 Å². The molecule has 1 aromatic carbocycles. The molecule has 0 N–H and O–H groups in total. The van der Waals surface area contributed by atoms with E-state index in [1.54, 1.807) is 18.5 Å². The predicted octanol–water partition coefficient (Wildman–Crippen LogP) is 2.45. The van der Waals surface area contributed by atoms with Gasteiger partial charge in [-0.2, -0.15) is 9.61 Å². The van der Waals surface area contributed by atoms with Gasteiger partial charge < -0.3 is 9.47 Å². The summed E-state index contributed by atoms with van der Waals surface area (Å²) < 4.78 is 11.6. The van der Waals surface area contributed by atoms with Crippen LogP contribution in [0, 0.1) is 0 Å². The Bertz CT molecular complexity index is 863. The van der Waals surface area contributed by atoms with Crippen molar-refractivity contribution < 1.29 is 14.3 Å². The summed E-state index contributed by atoms with van der Waals surface area (Å²) in [6, 6.07) is 11.1. The van der Waals surface area contributed by atoms with Crippen molar-refractivity contribution in [3.8, 4) is 17.1 Å². The Kier molecular flexibility index (Phi) is 4.66. The minimum Gasteiger partial charge on any atom is -0.497 e. The van der Waals surface area contributed by atoms with Crippen LogP contribution in [0.4, 0.5) is 0 Å². The quantitative estimate of drug-likeness (QED) is 0.519. The van der Waals surface area contributed by atoms with Gasteiger partial charge in [0.2, 0.25) is 0 Å². The lowest BCUT2D eigenvalue weighted by molar-refractivity contribution is -0.139. The number of hydrogen-bond acceptors (Lipinski definition) is 7. The Hall–Kier alpha value is -2.61. The average molecular weight is 344 g/mol. The van der Waals surface area contributed by atoms with Gasteiger partial charge in [0.25, 0.3) is 0 Å². The van der Waals surface area contributed by atoms with Crippen LogP contribution in [0.25, 0.3) is 17.0 Å². The molecule has 0 bridgehead atoms. The van der Waals surface area contributed by atoms with E-state index in [-0.39, 0.29) is 11.2 Å². The van der Waals surface area contributed by atoms with E-state index in [2.05, 4.69) is 15.3 Å². The zero-order chi connectivity index (χ0) is 17.1. The van der Waals surface area contributed by atoms with Gasteiger partial charge in [0.05, 0.1) is 14.2 Å². The lowest BCUT2D eigenvalue weighted by Crippen LogP contribution is -2.15. The number of aromatic nitrogens is 4. The highest BCUT2D eigenvalue weighted by Crippen LogP contribution is 2.25. The van der Waals surface area contributed by atoms with Gasteiger partial charge in [0.1, 0.15) is 16.0 Å². The normalized spacial score (nSPS) is 12.1. The van der Waals surface area contributed by atoms with Crippen LogP contribution >= 0.6 is 11.8 Å². The molecule has 0 saturated carbocycles. The van der Waals surface area contributed by atoms with Gasteiger partial charge in [-0.1, -0.05) is 11.8 Å². The Morgan fingerprint density at radius 1 is 1.12 bits per heavy atom. The molecule has 0 radical (unpaired) electrons. The maximum Gasteiger partial charge on any atom is 0.318 e. The number of methoxy groups -OCH3 is 2. The van der Waals surface area contributed by atoms with Crippen molar-refractivity contribution in [3.05, 3.63) is 36.4 Å². The largest absolute Gasteiger partial charge is 0.497 e. The number of thioether (sulfide) groups is 1. The van der Waals surface area contributed by atoms with Crippen molar-refractivity contribution in [2.45, 2.75) is 17.2 Å². The standard InChI is InChI=1S/C16H16N4O3S/c1-10(16(21)23-3)24-14-9-8-13-17-18-15(20(13)19-14)11-4-6-12(22-2)7-5-11/h4-10H,1-3H3. The molecule has 0 amide bonds.